The van der Waals surface area contributed by atoms with E-state index in [4.69, 9.17) is 5.73 Å². The first kappa shape index (κ1) is 28.4. The largest absolute Gasteiger partial charge is 0.416 e. The predicted molar refractivity (Wildman–Crippen MR) is 135 cm³/mol. The van der Waals surface area contributed by atoms with Gasteiger partial charge in [-0.25, -0.2) is 0 Å². The Kier molecular flexibility index (Phi) is 8.51. The molecule has 1 aliphatic heterocycles. The topological polar surface area (TPSA) is 70.4 Å². The van der Waals surface area contributed by atoms with E-state index in [9.17, 15) is 31.1 Å². The Labute approximate surface area is 222 Å². The summed E-state index contributed by atoms with van der Waals surface area (Å²) in [6, 6.07) is 15.5. The zero-order valence-corrected chi connectivity index (χ0v) is 20.9. The molecular formula is C28H28F6N4O. The number of halogens is 6. The summed E-state index contributed by atoms with van der Waals surface area (Å²) in [6.45, 7) is 1.82. The van der Waals surface area contributed by atoms with Crippen molar-refractivity contribution in [1.82, 2.24) is 15.5 Å². The second kappa shape index (κ2) is 11.7. The van der Waals surface area contributed by atoms with Crippen LogP contribution in [-0.4, -0.2) is 30.4 Å². The lowest BCUT2D eigenvalue weighted by molar-refractivity contribution is -0.143. The summed E-state index contributed by atoms with van der Waals surface area (Å²) < 4.78 is 79.3. The standard InChI is InChI=1S/C28H28F6N4O/c29-27(30,31)21-13-19(14-22(15-21)28(32,33)34)16-37-26(39)25-24-4-2-1-3-20(24)17-38(25)12-11-36-10-9-18-5-7-23(35)8-6-18/h1-8,13-15,25,36H,9-12,16-17,35H2,(H,37,39). The Bertz CT molecular complexity index is 1260. The summed E-state index contributed by atoms with van der Waals surface area (Å²) in [4.78, 5) is 15.2. The number of carbonyl (C=O) groups is 1. The SMILES string of the molecule is Nc1ccc(CCNCCN2Cc3ccccc3C2C(=O)NCc2cc(C(F)(F)F)cc(C(F)(F)F)c2)cc1. The van der Waals surface area contributed by atoms with Crippen molar-refractivity contribution >= 4 is 11.6 Å². The lowest BCUT2D eigenvalue weighted by Gasteiger charge is -2.24. The van der Waals surface area contributed by atoms with Crippen molar-refractivity contribution in [2.24, 2.45) is 0 Å². The van der Waals surface area contributed by atoms with Crippen LogP contribution in [0.25, 0.3) is 0 Å². The average molecular weight is 551 g/mol. The minimum Gasteiger partial charge on any atom is -0.399 e. The summed E-state index contributed by atoms with van der Waals surface area (Å²) >= 11 is 0. The Morgan fingerprint density at radius 1 is 0.872 bits per heavy atom. The van der Waals surface area contributed by atoms with Gasteiger partial charge in [-0.3, -0.25) is 9.69 Å². The number of rotatable bonds is 9. The third-order valence-corrected chi connectivity index (χ3v) is 6.60. The fraction of sp³-hybridized carbons (Fsp3) is 0.321. The van der Waals surface area contributed by atoms with Crippen LogP contribution in [0.4, 0.5) is 32.0 Å². The molecule has 0 fully saturated rings. The molecule has 3 aromatic carbocycles. The van der Waals surface area contributed by atoms with Gasteiger partial charge in [-0.15, -0.1) is 0 Å². The Morgan fingerprint density at radius 2 is 1.51 bits per heavy atom. The maximum atomic E-state index is 13.2. The van der Waals surface area contributed by atoms with Crippen molar-refractivity contribution in [3.8, 4) is 0 Å². The van der Waals surface area contributed by atoms with Crippen LogP contribution in [0.3, 0.4) is 0 Å². The molecule has 5 nitrogen and oxygen atoms in total. The third kappa shape index (κ3) is 7.30. The minimum atomic E-state index is -4.96. The Hall–Kier alpha value is -3.57. The molecule has 0 bridgehead atoms. The Balaban J connectivity index is 1.40. The molecule has 208 valence electrons. The number of anilines is 1. The summed E-state index contributed by atoms with van der Waals surface area (Å²) in [5, 5.41) is 5.89. The number of hydrogen-bond acceptors (Lipinski definition) is 4. The molecule has 0 aromatic heterocycles. The van der Waals surface area contributed by atoms with Crippen LogP contribution in [0.2, 0.25) is 0 Å². The molecule has 4 N–H and O–H groups in total. The zero-order chi connectivity index (χ0) is 28.2. The van der Waals surface area contributed by atoms with Gasteiger partial charge in [0.05, 0.1) is 11.1 Å². The van der Waals surface area contributed by atoms with Gasteiger partial charge in [0, 0.05) is 31.9 Å². The van der Waals surface area contributed by atoms with Gasteiger partial charge in [0.1, 0.15) is 6.04 Å². The van der Waals surface area contributed by atoms with E-state index in [0.717, 1.165) is 23.1 Å². The van der Waals surface area contributed by atoms with E-state index in [1.807, 2.05) is 41.3 Å². The van der Waals surface area contributed by atoms with E-state index in [1.165, 1.54) is 0 Å². The van der Waals surface area contributed by atoms with Gasteiger partial charge in [0.15, 0.2) is 0 Å². The molecule has 1 unspecified atom stereocenters. The summed E-state index contributed by atoms with van der Waals surface area (Å²) in [5.74, 6) is -0.493. The van der Waals surface area contributed by atoms with Crippen molar-refractivity contribution in [3.05, 3.63) is 100 Å². The summed E-state index contributed by atoms with van der Waals surface area (Å²) in [7, 11) is 0. The molecule has 11 heteroatoms. The number of nitrogens with zero attached hydrogens (tertiary/aromatic N) is 1. The molecule has 0 saturated carbocycles. The molecule has 0 radical (unpaired) electrons. The highest BCUT2D eigenvalue weighted by Gasteiger charge is 2.38. The Morgan fingerprint density at radius 3 is 2.15 bits per heavy atom. The van der Waals surface area contributed by atoms with Crippen molar-refractivity contribution in [2.45, 2.75) is 37.9 Å². The molecule has 1 amide bonds. The average Bonchev–Trinajstić information content (AvgIpc) is 3.25. The van der Waals surface area contributed by atoms with Crippen LogP contribution in [0.5, 0.6) is 0 Å². The normalized spacial score (nSPS) is 15.8. The summed E-state index contributed by atoms with van der Waals surface area (Å²) in [6.07, 6.45) is -9.12. The number of carbonyl (C=O) groups excluding carboxylic acids is 1. The van der Waals surface area contributed by atoms with E-state index in [1.54, 1.807) is 12.1 Å². The first-order chi connectivity index (χ1) is 18.4. The molecule has 0 aliphatic carbocycles. The van der Waals surface area contributed by atoms with E-state index in [0.29, 0.717) is 44.0 Å². The third-order valence-electron chi connectivity index (χ3n) is 6.60. The first-order valence-electron chi connectivity index (χ1n) is 12.3. The number of fused-ring (bicyclic) bond motifs is 1. The van der Waals surface area contributed by atoms with Crippen LogP contribution < -0.4 is 16.4 Å². The van der Waals surface area contributed by atoms with Crippen LogP contribution in [0.1, 0.15) is 39.4 Å². The smallest absolute Gasteiger partial charge is 0.399 e. The van der Waals surface area contributed by atoms with Crippen LogP contribution in [-0.2, 0) is 36.7 Å². The van der Waals surface area contributed by atoms with Gasteiger partial charge in [0.25, 0.3) is 0 Å². The van der Waals surface area contributed by atoms with E-state index < -0.39 is 42.0 Å². The van der Waals surface area contributed by atoms with Crippen LogP contribution in [0, 0.1) is 0 Å². The molecule has 4 rings (SSSR count). The second-order valence-electron chi connectivity index (χ2n) is 9.45. The zero-order valence-electron chi connectivity index (χ0n) is 20.9. The van der Waals surface area contributed by atoms with Gasteiger partial charge in [-0.05, 0) is 65.6 Å². The minimum absolute atomic E-state index is 0.0700. The molecule has 0 saturated heterocycles. The summed E-state index contributed by atoms with van der Waals surface area (Å²) in [5.41, 5.74) is 6.11. The highest BCUT2D eigenvalue weighted by molar-refractivity contribution is 5.84. The number of nitrogens with two attached hydrogens (primary N) is 1. The van der Waals surface area contributed by atoms with Gasteiger partial charge in [0.2, 0.25) is 5.91 Å². The monoisotopic (exact) mass is 550 g/mol. The van der Waals surface area contributed by atoms with Gasteiger partial charge >= 0.3 is 12.4 Å². The number of benzene rings is 3. The highest BCUT2D eigenvalue weighted by atomic mass is 19.4. The highest BCUT2D eigenvalue weighted by Crippen LogP contribution is 2.37. The lowest BCUT2D eigenvalue weighted by atomic mass is 10.0. The molecule has 1 atom stereocenters. The number of amides is 1. The molecule has 0 spiro atoms. The molecule has 39 heavy (non-hydrogen) atoms. The molecule has 1 aliphatic rings. The van der Waals surface area contributed by atoms with E-state index >= 15 is 0 Å². The van der Waals surface area contributed by atoms with Gasteiger partial charge < -0.3 is 16.4 Å². The molecular weight excluding hydrogens is 522 g/mol. The fourth-order valence-corrected chi connectivity index (χ4v) is 4.64. The van der Waals surface area contributed by atoms with E-state index in [-0.39, 0.29) is 11.6 Å². The number of nitrogen functional groups attached to an aromatic ring is 1. The predicted octanol–water partition coefficient (Wildman–Crippen LogP) is 5.31. The number of hydrogen-bond donors (Lipinski definition) is 3. The molecule has 3 aromatic rings. The van der Waals surface area contributed by atoms with Crippen molar-refractivity contribution in [2.75, 3.05) is 25.4 Å². The number of nitrogens with one attached hydrogen (secondary N) is 2. The lowest BCUT2D eigenvalue weighted by Crippen LogP contribution is -2.39. The second-order valence-corrected chi connectivity index (χ2v) is 9.45. The van der Waals surface area contributed by atoms with Gasteiger partial charge in [-0.1, -0.05) is 36.4 Å². The van der Waals surface area contributed by atoms with Crippen molar-refractivity contribution in [1.29, 1.82) is 0 Å². The van der Waals surface area contributed by atoms with Crippen molar-refractivity contribution < 1.29 is 31.1 Å². The maximum Gasteiger partial charge on any atom is 0.416 e. The molecule has 1 heterocycles. The maximum absolute atomic E-state index is 13.2. The fourth-order valence-electron chi connectivity index (χ4n) is 4.64. The van der Waals surface area contributed by atoms with E-state index in [2.05, 4.69) is 10.6 Å². The van der Waals surface area contributed by atoms with Crippen molar-refractivity contribution in [3.63, 3.8) is 0 Å². The van der Waals surface area contributed by atoms with Crippen LogP contribution >= 0.6 is 0 Å². The first-order valence-corrected chi connectivity index (χ1v) is 12.3. The van der Waals surface area contributed by atoms with Gasteiger partial charge in [-0.2, -0.15) is 26.3 Å². The quantitative estimate of drug-likeness (QED) is 0.192. The number of alkyl halides is 6. The van der Waals surface area contributed by atoms with Crippen LogP contribution in [0.15, 0.2) is 66.7 Å².